The molecule has 2 N–H and O–H groups in total. The minimum atomic E-state index is -0.0258. The van der Waals surface area contributed by atoms with Crippen LogP contribution in [0.1, 0.15) is 0 Å². The van der Waals surface area contributed by atoms with Gasteiger partial charge in [-0.3, -0.25) is 0 Å². The molecule has 2 heterocycles. The van der Waals surface area contributed by atoms with Crippen LogP contribution in [0.25, 0.3) is 68.3 Å². The maximum Gasteiger partial charge on any atom is 0.167 e. The van der Waals surface area contributed by atoms with Crippen molar-refractivity contribution < 1.29 is 33.9 Å². The van der Waals surface area contributed by atoms with E-state index in [1.807, 2.05) is 97.1 Å². The number of phenolic OH excluding ortho intramolecular Hbond substituents is 2. The van der Waals surface area contributed by atoms with E-state index in [1.54, 1.807) is 38.5 Å². The molecule has 0 aliphatic carbocycles. The van der Waals surface area contributed by atoms with E-state index < -0.39 is 0 Å². The fourth-order valence-electron chi connectivity index (χ4n) is 6.12. The van der Waals surface area contributed by atoms with Crippen LogP contribution in [-0.4, -0.2) is 68.6 Å². The van der Waals surface area contributed by atoms with Crippen LogP contribution in [0.5, 0.6) is 46.0 Å². The average Bonchev–Trinajstić information content (AvgIpc) is 3.29. The average molecular weight is 785 g/mol. The van der Waals surface area contributed by atoms with Crippen molar-refractivity contribution in [2.24, 2.45) is 0 Å². The summed E-state index contributed by atoms with van der Waals surface area (Å²) in [6.45, 7) is 0. The molecule has 13 nitrogen and oxygen atoms in total. The van der Waals surface area contributed by atoms with Crippen LogP contribution < -0.4 is 23.7 Å². The van der Waals surface area contributed by atoms with Gasteiger partial charge in [0.1, 0.15) is 46.0 Å². The smallest absolute Gasteiger partial charge is 0.167 e. The predicted octanol–water partition coefficient (Wildman–Crippen LogP) is 9.30. The fourth-order valence-corrected chi connectivity index (χ4v) is 6.12. The van der Waals surface area contributed by atoms with E-state index in [-0.39, 0.29) is 11.5 Å². The Bertz CT molecular complexity index is 2560. The van der Waals surface area contributed by atoms with Crippen molar-refractivity contribution in [2.75, 3.05) is 28.4 Å². The zero-order valence-electron chi connectivity index (χ0n) is 32.3. The number of ether oxygens (including phenoxy) is 5. The first-order valence-electron chi connectivity index (χ1n) is 18.2. The monoisotopic (exact) mass is 784 g/mol. The van der Waals surface area contributed by atoms with Gasteiger partial charge in [0, 0.05) is 34.4 Å². The normalized spacial score (nSPS) is 10.8. The Hall–Kier alpha value is -8.06. The van der Waals surface area contributed by atoms with Gasteiger partial charge < -0.3 is 33.9 Å². The van der Waals surface area contributed by atoms with Crippen LogP contribution in [0, 0.1) is 0 Å². The Balaban J connectivity index is 1.07. The van der Waals surface area contributed by atoms with Crippen LogP contribution >= 0.6 is 0 Å². The summed E-state index contributed by atoms with van der Waals surface area (Å²) in [5, 5.41) is 21.7. The zero-order chi connectivity index (χ0) is 40.9. The highest BCUT2D eigenvalue weighted by atomic mass is 16.5. The molecule has 6 aromatic carbocycles. The van der Waals surface area contributed by atoms with Crippen molar-refractivity contribution in [3.63, 3.8) is 0 Å². The van der Waals surface area contributed by atoms with Crippen molar-refractivity contribution in [2.45, 2.75) is 0 Å². The number of phenols is 2. The number of hydrogen-bond acceptors (Lipinski definition) is 13. The summed E-state index contributed by atoms with van der Waals surface area (Å²) in [5.74, 6) is 5.76. The highest BCUT2D eigenvalue weighted by molar-refractivity contribution is 5.72. The molecule has 0 amide bonds. The molecule has 0 atom stereocenters. The Morgan fingerprint density at radius 2 is 0.559 bits per heavy atom. The van der Waals surface area contributed by atoms with Crippen molar-refractivity contribution in [1.29, 1.82) is 0 Å². The number of nitrogens with zero attached hydrogens (tertiary/aromatic N) is 6. The Morgan fingerprint density at radius 3 is 0.831 bits per heavy atom. The predicted molar refractivity (Wildman–Crippen MR) is 222 cm³/mol. The second-order valence-electron chi connectivity index (χ2n) is 13.0. The third kappa shape index (κ3) is 8.25. The van der Waals surface area contributed by atoms with E-state index in [9.17, 15) is 10.2 Å². The van der Waals surface area contributed by atoms with E-state index >= 15 is 0 Å². The molecule has 0 radical (unpaired) electrons. The van der Waals surface area contributed by atoms with Crippen molar-refractivity contribution in [3.8, 4) is 114 Å². The summed E-state index contributed by atoms with van der Waals surface area (Å²) in [6.07, 6.45) is 0. The van der Waals surface area contributed by atoms with Gasteiger partial charge in [0.15, 0.2) is 34.9 Å². The van der Waals surface area contributed by atoms with E-state index in [1.165, 1.54) is 26.4 Å². The number of methoxy groups -OCH3 is 4. The second kappa shape index (κ2) is 16.6. The maximum absolute atomic E-state index is 10.8. The van der Waals surface area contributed by atoms with Crippen LogP contribution in [0.4, 0.5) is 0 Å². The molecule has 2 aromatic heterocycles. The molecule has 0 unspecified atom stereocenters. The molecule has 0 spiro atoms. The van der Waals surface area contributed by atoms with E-state index in [4.69, 9.17) is 53.6 Å². The summed E-state index contributed by atoms with van der Waals surface area (Å²) in [6, 6.07) is 39.4. The summed E-state index contributed by atoms with van der Waals surface area (Å²) in [4.78, 5) is 28.5. The fraction of sp³-hybridized carbons (Fsp3) is 0.0870. The highest BCUT2D eigenvalue weighted by Gasteiger charge is 2.18. The summed E-state index contributed by atoms with van der Waals surface area (Å²) in [7, 11) is 6.27. The van der Waals surface area contributed by atoms with Crippen molar-refractivity contribution >= 4 is 0 Å². The molecule has 8 aromatic rings. The van der Waals surface area contributed by atoms with Gasteiger partial charge in [-0.2, -0.15) is 0 Å². The van der Waals surface area contributed by atoms with Crippen molar-refractivity contribution in [3.05, 3.63) is 133 Å². The molecule has 13 heteroatoms. The quantitative estimate of drug-likeness (QED) is 0.121. The van der Waals surface area contributed by atoms with Gasteiger partial charge in [0.25, 0.3) is 0 Å². The first-order chi connectivity index (χ1) is 28.8. The molecule has 0 fully saturated rings. The van der Waals surface area contributed by atoms with Gasteiger partial charge in [-0.05, 0) is 121 Å². The van der Waals surface area contributed by atoms with E-state index in [0.717, 1.165) is 11.1 Å². The molecule has 0 saturated carbocycles. The summed E-state index contributed by atoms with van der Waals surface area (Å²) >= 11 is 0. The lowest BCUT2D eigenvalue weighted by Gasteiger charge is -2.12. The third-order valence-electron chi connectivity index (χ3n) is 9.32. The number of rotatable bonds is 12. The van der Waals surface area contributed by atoms with Gasteiger partial charge in [-0.15, -0.1) is 0 Å². The van der Waals surface area contributed by atoms with Gasteiger partial charge in [0.2, 0.25) is 0 Å². The lowest BCUT2D eigenvalue weighted by Crippen LogP contribution is -2.01. The molecule has 0 saturated heterocycles. The van der Waals surface area contributed by atoms with Crippen LogP contribution in [0.2, 0.25) is 0 Å². The SMILES string of the molecule is COc1ccc(-c2nc(-c3ccc(Oc4ccc(-c5nc(-c6ccc(OC)cc6)nc(-c6ccc(OC)cc6O)n5)cc4)cc3)nc(-c3ccc(OC)cc3O)n2)cc1. The van der Waals surface area contributed by atoms with Gasteiger partial charge >= 0.3 is 0 Å². The Kier molecular flexibility index (Phi) is 10.6. The van der Waals surface area contributed by atoms with Gasteiger partial charge in [-0.1, -0.05) is 0 Å². The van der Waals surface area contributed by atoms with E-state index in [2.05, 4.69) is 0 Å². The number of aromatic nitrogens is 6. The third-order valence-corrected chi connectivity index (χ3v) is 9.32. The first-order valence-corrected chi connectivity index (χ1v) is 18.2. The van der Waals surface area contributed by atoms with Crippen LogP contribution in [-0.2, 0) is 0 Å². The number of benzene rings is 6. The lowest BCUT2D eigenvalue weighted by atomic mass is 10.1. The number of hydrogen-bond donors (Lipinski definition) is 2. The van der Waals surface area contributed by atoms with Gasteiger partial charge in [0.05, 0.1) is 39.6 Å². The molecular weight excluding hydrogens is 749 g/mol. The minimum absolute atomic E-state index is 0.0258. The molecular formula is C46H36N6O7. The van der Waals surface area contributed by atoms with Gasteiger partial charge in [-0.25, -0.2) is 29.9 Å². The standard InChI is InChI=1S/C46H36N6O7/c1-55-31-13-5-27(6-14-31)41-47-43(51-45(49-41)37-23-21-35(57-3)25-39(37)53)29-9-17-33(18-10-29)59-34-19-11-30(12-20-34)44-48-42(28-7-15-32(56-2)16-8-28)50-46(52-44)38-24-22-36(58-4)26-40(38)54/h5-26,53-54H,1-4H3. The Labute approximate surface area is 339 Å². The first kappa shape index (κ1) is 37.8. The molecule has 292 valence electrons. The highest BCUT2D eigenvalue weighted by Crippen LogP contribution is 2.36. The molecule has 8 rings (SSSR count). The molecule has 0 aliphatic rings. The second-order valence-corrected chi connectivity index (χ2v) is 13.0. The molecule has 0 bridgehead atoms. The Morgan fingerprint density at radius 1 is 0.305 bits per heavy atom. The largest absolute Gasteiger partial charge is 0.507 e. The van der Waals surface area contributed by atoms with E-state index in [0.29, 0.717) is 91.7 Å². The van der Waals surface area contributed by atoms with Crippen LogP contribution in [0.15, 0.2) is 133 Å². The lowest BCUT2D eigenvalue weighted by molar-refractivity contribution is 0.407. The molecule has 59 heavy (non-hydrogen) atoms. The van der Waals surface area contributed by atoms with Crippen LogP contribution in [0.3, 0.4) is 0 Å². The van der Waals surface area contributed by atoms with Crippen molar-refractivity contribution in [1.82, 2.24) is 29.9 Å². The topological polar surface area (TPSA) is 164 Å². The zero-order valence-corrected chi connectivity index (χ0v) is 32.3. The summed E-state index contributed by atoms with van der Waals surface area (Å²) < 4.78 is 27.4. The summed E-state index contributed by atoms with van der Waals surface area (Å²) in [5.41, 5.74) is 3.77. The molecule has 0 aliphatic heterocycles. The number of aromatic hydroxyl groups is 2. The maximum atomic E-state index is 10.8. The minimum Gasteiger partial charge on any atom is -0.507 e.